The molecule has 0 aliphatic rings. The number of ether oxygens (including phenoxy) is 1. The van der Waals surface area contributed by atoms with Crippen molar-refractivity contribution in [1.82, 2.24) is 5.32 Å². The van der Waals surface area contributed by atoms with E-state index in [1.165, 1.54) is 0 Å². The normalized spacial score (nSPS) is 10.9. The van der Waals surface area contributed by atoms with E-state index in [-0.39, 0.29) is 31.3 Å². The standard InChI is InChI=1S/C13H23NO5/c1-4-13(5-2,12(17)18)9-10(15)14-8-7-11(16)19-6-3/h4-9H2,1-3H3,(H,14,15)(H,17,18). The van der Waals surface area contributed by atoms with Gasteiger partial charge in [0.1, 0.15) is 0 Å². The van der Waals surface area contributed by atoms with Crippen LogP contribution < -0.4 is 5.32 Å². The van der Waals surface area contributed by atoms with Gasteiger partial charge in [-0.2, -0.15) is 0 Å². The average molecular weight is 273 g/mol. The Morgan fingerprint density at radius 2 is 1.74 bits per heavy atom. The maximum atomic E-state index is 11.7. The van der Waals surface area contributed by atoms with Gasteiger partial charge in [-0.05, 0) is 19.8 Å². The molecule has 0 aromatic heterocycles. The average Bonchev–Trinajstić information content (AvgIpc) is 2.36. The lowest BCUT2D eigenvalue weighted by atomic mass is 9.79. The molecule has 0 aromatic rings. The maximum Gasteiger partial charge on any atom is 0.310 e. The van der Waals surface area contributed by atoms with E-state index in [2.05, 4.69) is 5.32 Å². The number of nitrogens with one attached hydrogen (secondary N) is 1. The monoisotopic (exact) mass is 273 g/mol. The summed E-state index contributed by atoms with van der Waals surface area (Å²) in [5.74, 6) is -1.69. The van der Waals surface area contributed by atoms with Gasteiger partial charge in [-0.3, -0.25) is 14.4 Å². The Balaban J connectivity index is 4.22. The molecule has 0 radical (unpaired) electrons. The molecule has 0 aliphatic heterocycles. The smallest absolute Gasteiger partial charge is 0.310 e. The van der Waals surface area contributed by atoms with Crippen LogP contribution in [0.3, 0.4) is 0 Å². The highest BCUT2D eigenvalue weighted by Gasteiger charge is 2.36. The lowest BCUT2D eigenvalue weighted by molar-refractivity contribution is -0.152. The summed E-state index contributed by atoms with van der Waals surface area (Å²) < 4.78 is 4.72. The number of aliphatic carboxylic acids is 1. The summed E-state index contributed by atoms with van der Waals surface area (Å²) in [7, 11) is 0. The number of carboxylic acid groups (broad SMARTS) is 1. The molecule has 0 bridgehead atoms. The van der Waals surface area contributed by atoms with Crippen molar-refractivity contribution in [1.29, 1.82) is 0 Å². The predicted octanol–water partition coefficient (Wildman–Crippen LogP) is 1.34. The first kappa shape index (κ1) is 17.4. The molecule has 6 nitrogen and oxygen atoms in total. The van der Waals surface area contributed by atoms with Crippen LogP contribution in [0.5, 0.6) is 0 Å². The zero-order valence-corrected chi connectivity index (χ0v) is 11.8. The van der Waals surface area contributed by atoms with E-state index >= 15 is 0 Å². The van der Waals surface area contributed by atoms with E-state index < -0.39 is 11.4 Å². The van der Waals surface area contributed by atoms with Crippen LogP contribution in [-0.4, -0.2) is 36.1 Å². The lowest BCUT2D eigenvalue weighted by Gasteiger charge is -2.25. The van der Waals surface area contributed by atoms with Crippen molar-refractivity contribution in [2.45, 2.75) is 46.5 Å². The number of carbonyl (C=O) groups is 3. The second kappa shape index (κ2) is 8.50. The van der Waals surface area contributed by atoms with E-state index in [4.69, 9.17) is 4.74 Å². The van der Waals surface area contributed by atoms with Gasteiger partial charge in [-0.25, -0.2) is 0 Å². The van der Waals surface area contributed by atoms with Gasteiger partial charge in [0.05, 0.1) is 18.4 Å². The molecule has 0 fully saturated rings. The van der Waals surface area contributed by atoms with Crippen molar-refractivity contribution in [2.24, 2.45) is 5.41 Å². The summed E-state index contributed by atoms with van der Waals surface area (Å²) in [5, 5.41) is 11.7. The van der Waals surface area contributed by atoms with Gasteiger partial charge in [-0.1, -0.05) is 13.8 Å². The summed E-state index contributed by atoms with van der Waals surface area (Å²) in [6.45, 7) is 5.69. The van der Waals surface area contributed by atoms with Crippen LogP contribution in [0.1, 0.15) is 46.5 Å². The zero-order chi connectivity index (χ0) is 14.9. The number of amides is 1. The Morgan fingerprint density at radius 3 is 2.16 bits per heavy atom. The van der Waals surface area contributed by atoms with Crippen molar-refractivity contribution in [3.63, 3.8) is 0 Å². The molecule has 0 spiro atoms. The van der Waals surface area contributed by atoms with E-state index in [0.29, 0.717) is 19.4 Å². The number of rotatable bonds is 9. The Bertz CT molecular complexity index is 323. The van der Waals surface area contributed by atoms with Crippen LogP contribution in [0.2, 0.25) is 0 Å². The summed E-state index contributed by atoms with van der Waals surface area (Å²) in [4.78, 5) is 34.0. The number of carbonyl (C=O) groups excluding carboxylic acids is 2. The molecular formula is C13H23NO5. The van der Waals surface area contributed by atoms with Gasteiger partial charge < -0.3 is 15.2 Å². The summed E-state index contributed by atoms with van der Waals surface area (Å²) >= 11 is 0. The Labute approximate surface area is 113 Å². The van der Waals surface area contributed by atoms with Crippen LogP contribution in [-0.2, 0) is 19.1 Å². The molecule has 0 unspecified atom stereocenters. The Kier molecular flexibility index (Phi) is 7.79. The van der Waals surface area contributed by atoms with E-state index in [1.54, 1.807) is 20.8 Å². The van der Waals surface area contributed by atoms with Gasteiger partial charge in [0.2, 0.25) is 5.91 Å². The van der Waals surface area contributed by atoms with Gasteiger partial charge in [0.15, 0.2) is 0 Å². The second-order valence-corrected chi connectivity index (χ2v) is 4.37. The molecule has 0 saturated carbocycles. The van der Waals surface area contributed by atoms with Crippen LogP contribution in [0.25, 0.3) is 0 Å². The molecule has 0 aliphatic carbocycles. The first-order valence-electron chi connectivity index (χ1n) is 6.57. The molecular weight excluding hydrogens is 250 g/mol. The fraction of sp³-hybridized carbons (Fsp3) is 0.769. The van der Waals surface area contributed by atoms with E-state index in [9.17, 15) is 19.5 Å². The van der Waals surface area contributed by atoms with Crippen LogP contribution in [0, 0.1) is 5.41 Å². The molecule has 6 heteroatoms. The third-order valence-electron chi connectivity index (χ3n) is 3.26. The van der Waals surface area contributed by atoms with E-state index in [0.717, 1.165) is 0 Å². The Hall–Kier alpha value is -1.59. The molecule has 19 heavy (non-hydrogen) atoms. The van der Waals surface area contributed by atoms with E-state index in [1.807, 2.05) is 0 Å². The van der Waals surface area contributed by atoms with Crippen molar-refractivity contribution >= 4 is 17.8 Å². The fourth-order valence-corrected chi connectivity index (χ4v) is 1.79. The van der Waals surface area contributed by atoms with Crippen molar-refractivity contribution in [3.05, 3.63) is 0 Å². The van der Waals surface area contributed by atoms with Gasteiger partial charge >= 0.3 is 11.9 Å². The predicted molar refractivity (Wildman–Crippen MR) is 69.5 cm³/mol. The topological polar surface area (TPSA) is 92.7 Å². The zero-order valence-electron chi connectivity index (χ0n) is 11.8. The molecule has 110 valence electrons. The summed E-state index contributed by atoms with van der Waals surface area (Å²) in [6, 6.07) is 0. The highest BCUT2D eigenvalue weighted by Crippen LogP contribution is 2.30. The first-order chi connectivity index (χ1) is 8.91. The minimum Gasteiger partial charge on any atom is -0.481 e. The third-order valence-corrected chi connectivity index (χ3v) is 3.26. The highest BCUT2D eigenvalue weighted by atomic mass is 16.5. The molecule has 0 heterocycles. The van der Waals surface area contributed by atoms with Crippen LogP contribution >= 0.6 is 0 Å². The largest absolute Gasteiger partial charge is 0.481 e. The number of esters is 1. The Morgan fingerprint density at radius 1 is 1.16 bits per heavy atom. The molecule has 0 aromatic carbocycles. The van der Waals surface area contributed by atoms with Gasteiger partial charge in [0.25, 0.3) is 0 Å². The summed E-state index contributed by atoms with van der Waals surface area (Å²) in [6.07, 6.45) is 0.810. The van der Waals surface area contributed by atoms with Crippen molar-refractivity contribution in [3.8, 4) is 0 Å². The minimum atomic E-state index is -1.02. The maximum absolute atomic E-state index is 11.7. The quantitative estimate of drug-likeness (QED) is 0.618. The minimum absolute atomic E-state index is 0.0713. The van der Waals surface area contributed by atoms with Crippen LogP contribution in [0.4, 0.5) is 0 Å². The molecule has 1 amide bonds. The molecule has 0 saturated heterocycles. The summed E-state index contributed by atoms with van der Waals surface area (Å²) in [5.41, 5.74) is -1.02. The molecule has 0 rings (SSSR count). The fourth-order valence-electron chi connectivity index (χ4n) is 1.79. The molecule has 2 N–H and O–H groups in total. The first-order valence-corrected chi connectivity index (χ1v) is 6.57. The van der Waals surface area contributed by atoms with Crippen molar-refractivity contribution < 1.29 is 24.2 Å². The van der Waals surface area contributed by atoms with Crippen LogP contribution in [0.15, 0.2) is 0 Å². The van der Waals surface area contributed by atoms with Crippen molar-refractivity contribution in [2.75, 3.05) is 13.2 Å². The highest BCUT2D eigenvalue weighted by molar-refractivity contribution is 5.85. The van der Waals surface area contributed by atoms with Gasteiger partial charge in [0, 0.05) is 13.0 Å². The SMILES string of the molecule is CCOC(=O)CCNC(=O)CC(CC)(CC)C(=O)O. The lowest BCUT2D eigenvalue weighted by Crippen LogP contribution is -2.37. The number of carboxylic acids is 1. The number of hydrogen-bond acceptors (Lipinski definition) is 4. The number of hydrogen-bond donors (Lipinski definition) is 2. The van der Waals surface area contributed by atoms with Gasteiger partial charge in [-0.15, -0.1) is 0 Å². The second-order valence-electron chi connectivity index (χ2n) is 4.37. The third kappa shape index (κ3) is 5.72. The molecule has 0 atom stereocenters.